The van der Waals surface area contributed by atoms with Crippen LogP contribution in [0.2, 0.25) is 0 Å². The predicted molar refractivity (Wildman–Crippen MR) is 76.3 cm³/mol. The van der Waals surface area contributed by atoms with Crippen molar-refractivity contribution in [3.63, 3.8) is 0 Å². The maximum absolute atomic E-state index is 10.7. The zero-order valence-corrected chi connectivity index (χ0v) is 11.2. The second kappa shape index (κ2) is 5.66. The normalized spacial score (nSPS) is 12.1. The molecule has 0 aliphatic rings. The molecule has 1 heterocycles. The second-order valence-electron chi connectivity index (χ2n) is 4.01. The molecule has 0 radical (unpaired) electrons. The van der Waals surface area contributed by atoms with Crippen LogP contribution in [0.4, 0.5) is 17.1 Å². The molecule has 1 aromatic heterocycles. The van der Waals surface area contributed by atoms with Crippen molar-refractivity contribution in [1.82, 2.24) is 4.98 Å². The van der Waals surface area contributed by atoms with Gasteiger partial charge in [0.1, 0.15) is 10.7 Å². The van der Waals surface area contributed by atoms with Crippen LogP contribution in [0.3, 0.4) is 0 Å². The van der Waals surface area contributed by atoms with Gasteiger partial charge in [-0.1, -0.05) is 6.92 Å². The van der Waals surface area contributed by atoms with Crippen LogP contribution in [0.15, 0.2) is 29.8 Å². The lowest BCUT2D eigenvalue weighted by Gasteiger charge is -2.16. The van der Waals surface area contributed by atoms with Gasteiger partial charge in [0, 0.05) is 23.3 Å². The van der Waals surface area contributed by atoms with Crippen LogP contribution in [0, 0.1) is 10.1 Å². The zero-order valence-electron chi connectivity index (χ0n) is 10.4. The third-order valence-corrected chi connectivity index (χ3v) is 3.61. The Morgan fingerprint density at radius 1 is 1.58 bits per heavy atom. The van der Waals surface area contributed by atoms with E-state index in [2.05, 4.69) is 10.3 Å². The fourth-order valence-corrected chi connectivity index (χ4v) is 2.53. The molecule has 0 fully saturated rings. The number of nitrogens with one attached hydrogen (secondary N) is 1. The van der Waals surface area contributed by atoms with Crippen LogP contribution in [0.1, 0.15) is 24.4 Å². The Labute approximate surface area is 114 Å². The number of nitro groups is 1. The molecule has 0 saturated carbocycles. The van der Waals surface area contributed by atoms with Gasteiger partial charge in [0.2, 0.25) is 0 Å². The maximum atomic E-state index is 10.7. The topological polar surface area (TPSA) is 94.1 Å². The fraction of sp³-hybridized carbons (Fsp3) is 0.250. The van der Waals surface area contributed by atoms with Gasteiger partial charge in [-0.15, -0.1) is 11.3 Å². The molecule has 7 heteroatoms. The van der Waals surface area contributed by atoms with Gasteiger partial charge < -0.3 is 11.1 Å². The van der Waals surface area contributed by atoms with Gasteiger partial charge in [0.25, 0.3) is 5.69 Å². The molecule has 0 spiro atoms. The van der Waals surface area contributed by atoms with Gasteiger partial charge in [-0.3, -0.25) is 10.1 Å². The van der Waals surface area contributed by atoms with Gasteiger partial charge in [-0.05, 0) is 18.6 Å². The lowest BCUT2D eigenvalue weighted by molar-refractivity contribution is -0.383. The highest BCUT2D eigenvalue weighted by Crippen LogP contribution is 2.28. The van der Waals surface area contributed by atoms with E-state index in [9.17, 15) is 10.1 Å². The lowest BCUT2D eigenvalue weighted by atomic mass is 10.2. The van der Waals surface area contributed by atoms with E-state index in [1.165, 1.54) is 6.07 Å². The zero-order chi connectivity index (χ0) is 13.8. The van der Waals surface area contributed by atoms with Crippen LogP contribution < -0.4 is 11.1 Å². The summed E-state index contributed by atoms with van der Waals surface area (Å²) in [6, 6.07) is 4.73. The molecule has 0 saturated heterocycles. The molecule has 2 aromatic rings. The molecule has 1 unspecified atom stereocenters. The van der Waals surface area contributed by atoms with E-state index >= 15 is 0 Å². The Morgan fingerprint density at radius 2 is 2.37 bits per heavy atom. The lowest BCUT2D eigenvalue weighted by Crippen LogP contribution is -2.09. The van der Waals surface area contributed by atoms with E-state index in [1.54, 1.807) is 29.7 Å². The van der Waals surface area contributed by atoms with Gasteiger partial charge in [0.05, 0.1) is 11.0 Å². The molecule has 2 rings (SSSR count). The van der Waals surface area contributed by atoms with E-state index in [-0.39, 0.29) is 17.4 Å². The van der Waals surface area contributed by atoms with Crippen molar-refractivity contribution in [3.05, 3.63) is 44.9 Å². The van der Waals surface area contributed by atoms with E-state index in [0.717, 1.165) is 17.1 Å². The largest absolute Gasteiger partial charge is 0.393 e. The van der Waals surface area contributed by atoms with Crippen LogP contribution in [0.5, 0.6) is 0 Å². The van der Waals surface area contributed by atoms with Crippen LogP contribution in [-0.4, -0.2) is 9.91 Å². The number of nitro benzene ring substituents is 1. The molecule has 1 atom stereocenters. The molecule has 0 aliphatic heterocycles. The van der Waals surface area contributed by atoms with Crippen molar-refractivity contribution in [3.8, 4) is 0 Å². The van der Waals surface area contributed by atoms with Crippen LogP contribution in [-0.2, 0) is 0 Å². The van der Waals surface area contributed by atoms with Crippen molar-refractivity contribution in [2.75, 3.05) is 11.1 Å². The average molecular weight is 278 g/mol. The average Bonchev–Trinajstić information content (AvgIpc) is 2.89. The van der Waals surface area contributed by atoms with E-state index in [4.69, 9.17) is 5.73 Å². The number of hydrogen-bond donors (Lipinski definition) is 2. The standard InChI is InChI=1S/C12H14N4O2S/c1-2-10(12-14-5-6-19-12)15-8-3-4-11(16(17)18)9(13)7-8/h3-7,10,15H,2,13H2,1H3. The van der Waals surface area contributed by atoms with Crippen molar-refractivity contribution in [2.24, 2.45) is 0 Å². The highest BCUT2D eigenvalue weighted by molar-refractivity contribution is 7.09. The third-order valence-electron chi connectivity index (χ3n) is 2.72. The Kier molecular flexibility index (Phi) is 3.96. The molecule has 1 aromatic carbocycles. The Balaban J connectivity index is 2.19. The van der Waals surface area contributed by atoms with Gasteiger partial charge in [-0.2, -0.15) is 0 Å². The number of anilines is 2. The highest BCUT2D eigenvalue weighted by atomic mass is 32.1. The quantitative estimate of drug-likeness (QED) is 0.497. The predicted octanol–water partition coefficient (Wildman–Crippen LogP) is 3.20. The summed E-state index contributed by atoms with van der Waals surface area (Å²) in [5.41, 5.74) is 6.50. The summed E-state index contributed by atoms with van der Waals surface area (Å²) in [6.45, 7) is 2.05. The van der Waals surface area contributed by atoms with Crippen molar-refractivity contribution >= 4 is 28.4 Å². The molecular weight excluding hydrogens is 264 g/mol. The molecule has 3 N–H and O–H groups in total. The number of aromatic nitrogens is 1. The first-order valence-electron chi connectivity index (χ1n) is 5.81. The van der Waals surface area contributed by atoms with Crippen molar-refractivity contribution in [1.29, 1.82) is 0 Å². The van der Waals surface area contributed by atoms with E-state index < -0.39 is 4.92 Å². The molecule has 6 nitrogen and oxygen atoms in total. The minimum absolute atomic E-state index is 0.0761. The number of nitrogens with two attached hydrogens (primary N) is 1. The second-order valence-corrected chi connectivity index (χ2v) is 4.93. The van der Waals surface area contributed by atoms with Crippen molar-refractivity contribution < 1.29 is 4.92 Å². The Bertz CT molecular complexity index is 571. The first kappa shape index (κ1) is 13.3. The number of nitrogen functional groups attached to an aromatic ring is 1. The number of nitrogens with zero attached hydrogens (tertiary/aromatic N) is 2. The number of rotatable bonds is 5. The summed E-state index contributed by atoms with van der Waals surface area (Å²) >= 11 is 1.57. The van der Waals surface area contributed by atoms with Crippen molar-refractivity contribution in [2.45, 2.75) is 19.4 Å². The van der Waals surface area contributed by atoms with Crippen LogP contribution >= 0.6 is 11.3 Å². The minimum Gasteiger partial charge on any atom is -0.393 e. The van der Waals surface area contributed by atoms with Crippen LogP contribution in [0.25, 0.3) is 0 Å². The number of thiazole rings is 1. The van der Waals surface area contributed by atoms with Gasteiger partial charge in [-0.25, -0.2) is 4.98 Å². The smallest absolute Gasteiger partial charge is 0.292 e. The summed E-state index contributed by atoms with van der Waals surface area (Å²) in [5, 5.41) is 16.9. The molecule has 19 heavy (non-hydrogen) atoms. The SMILES string of the molecule is CCC(Nc1ccc([N+](=O)[O-])c(N)c1)c1nccs1. The molecule has 100 valence electrons. The molecule has 0 aliphatic carbocycles. The van der Waals surface area contributed by atoms with Gasteiger partial charge in [0.15, 0.2) is 0 Å². The van der Waals surface area contributed by atoms with E-state index in [0.29, 0.717) is 0 Å². The molecular formula is C12H14N4O2S. The first-order chi connectivity index (χ1) is 9.11. The summed E-state index contributed by atoms with van der Waals surface area (Å²) < 4.78 is 0. The number of benzene rings is 1. The van der Waals surface area contributed by atoms with E-state index in [1.807, 2.05) is 12.3 Å². The first-order valence-corrected chi connectivity index (χ1v) is 6.69. The van der Waals surface area contributed by atoms with Gasteiger partial charge >= 0.3 is 0 Å². The molecule has 0 bridgehead atoms. The minimum atomic E-state index is -0.489. The third kappa shape index (κ3) is 3.00. The summed E-state index contributed by atoms with van der Waals surface area (Å²) in [5.74, 6) is 0. The summed E-state index contributed by atoms with van der Waals surface area (Å²) in [6.07, 6.45) is 2.62. The Hall–Kier alpha value is -2.15. The number of hydrogen-bond acceptors (Lipinski definition) is 6. The summed E-state index contributed by atoms with van der Waals surface area (Å²) in [4.78, 5) is 14.5. The maximum Gasteiger partial charge on any atom is 0.292 e. The fourth-order valence-electron chi connectivity index (χ4n) is 1.76. The highest BCUT2D eigenvalue weighted by Gasteiger charge is 2.15. The monoisotopic (exact) mass is 278 g/mol. The molecule has 0 amide bonds. The Morgan fingerprint density at radius 3 is 2.89 bits per heavy atom. The summed E-state index contributed by atoms with van der Waals surface area (Å²) in [7, 11) is 0.